The second-order valence-electron chi connectivity index (χ2n) is 5.66. The Morgan fingerprint density at radius 2 is 1.78 bits per heavy atom. The summed E-state index contributed by atoms with van der Waals surface area (Å²) in [4.78, 5) is 15.4. The predicted molar refractivity (Wildman–Crippen MR) is 91.5 cm³/mol. The third-order valence-electron chi connectivity index (χ3n) is 3.76. The molecule has 0 bridgehead atoms. The average molecular weight is 305 g/mol. The summed E-state index contributed by atoms with van der Waals surface area (Å²) >= 11 is 0. The number of hydrogen-bond acceptors (Lipinski definition) is 3. The molecule has 0 aliphatic carbocycles. The molecule has 0 saturated heterocycles. The lowest BCUT2D eigenvalue weighted by molar-refractivity contribution is -0.116. The molecule has 0 N–H and O–H groups in total. The van der Waals surface area contributed by atoms with E-state index < -0.39 is 0 Å². The van der Waals surface area contributed by atoms with E-state index in [4.69, 9.17) is 4.74 Å². The fourth-order valence-electron chi connectivity index (χ4n) is 2.44. The zero-order valence-electron chi connectivity index (χ0n) is 13.2. The van der Waals surface area contributed by atoms with E-state index in [0.29, 0.717) is 13.0 Å². The van der Waals surface area contributed by atoms with E-state index in [1.54, 1.807) is 6.92 Å². The lowest BCUT2D eigenvalue weighted by atomic mass is 10.1. The van der Waals surface area contributed by atoms with Crippen molar-refractivity contribution in [2.45, 2.75) is 26.4 Å². The van der Waals surface area contributed by atoms with E-state index in [0.717, 1.165) is 28.8 Å². The summed E-state index contributed by atoms with van der Waals surface area (Å²) in [6, 6.07) is 18.1. The maximum absolute atomic E-state index is 11.0. The summed E-state index contributed by atoms with van der Waals surface area (Å²) in [6.07, 6.45) is 3.24. The molecule has 1 aromatic heterocycles. The fraction of sp³-hybridized carbons (Fsp3) is 0.200. The first-order valence-corrected chi connectivity index (χ1v) is 7.75. The van der Waals surface area contributed by atoms with Gasteiger partial charge in [-0.15, -0.1) is 0 Å². The second kappa shape index (κ2) is 7.05. The number of rotatable bonds is 6. The van der Waals surface area contributed by atoms with Crippen LogP contribution in [-0.4, -0.2) is 10.8 Å². The molecule has 0 unspecified atom stereocenters. The Balaban J connectivity index is 1.61. The van der Waals surface area contributed by atoms with E-state index in [1.807, 2.05) is 48.7 Å². The molecule has 0 saturated carbocycles. The molecular weight excluding hydrogens is 286 g/mol. The molecule has 0 aliphatic rings. The molecule has 23 heavy (non-hydrogen) atoms. The normalized spacial score (nSPS) is 10.7. The fourth-order valence-corrected chi connectivity index (χ4v) is 2.44. The largest absolute Gasteiger partial charge is 0.487 e. The van der Waals surface area contributed by atoms with E-state index >= 15 is 0 Å². The van der Waals surface area contributed by atoms with E-state index in [9.17, 15) is 4.79 Å². The second-order valence-corrected chi connectivity index (χ2v) is 5.66. The molecular formula is C20H19NO2. The van der Waals surface area contributed by atoms with E-state index in [-0.39, 0.29) is 5.78 Å². The van der Waals surface area contributed by atoms with Crippen molar-refractivity contribution >= 4 is 16.6 Å². The van der Waals surface area contributed by atoms with Gasteiger partial charge in [-0.2, -0.15) is 0 Å². The highest BCUT2D eigenvalue weighted by Crippen LogP contribution is 2.17. The van der Waals surface area contributed by atoms with Crippen molar-refractivity contribution in [1.29, 1.82) is 0 Å². The van der Waals surface area contributed by atoms with Gasteiger partial charge in [0, 0.05) is 18.0 Å². The molecule has 3 nitrogen and oxygen atoms in total. The van der Waals surface area contributed by atoms with Gasteiger partial charge in [-0.1, -0.05) is 36.4 Å². The molecule has 0 spiro atoms. The summed E-state index contributed by atoms with van der Waals surface area (Å²) in [6.45, 7) is 2.06. The number of carbonyl (C=O) groups is 1. The number of aromatic nitrogens is 1. The van der Waals surface area contributed by atoms with Gasteiger partial charge in [0.25, 0.3) is 0 Å². The van der Waals surface area contributed by atoms with Crippen molar-refractivity contribution in [3.05, 3.63) is 72.1 Å². The highest BCUT2D eigenvalue weighted by atomic mass is 16.5. The smallest absolute Gasteiger partial charge is 0.130 e. The van der Waals surface area contributed by atoms with Crippen molar-refractivity contribution < 1.29 is 9.53 Å². The summed E-state index contributed by atoms with van der Waals surface area (Å²) in [5.74, 6) is 1.03. The maximum Gasteiger partial charge on any atom is 0.130 e. The molecule has 3 rings (SSSR count). The van der Waals surface area contributed by atoms with Crippen LogP contribution in [0.3, 0.4) is 0 Å². The molecule has 2 aromatic carbocycles. The van der Waals surface area contributed by atoms with Crippen LogP contribution in [-0.2, 0) is 17.8 Å². The minimum Gasteiger partial charge on any atom is -0.487 e. The SMILES string of the molecule is CC(=O)CCc1ccc(OCc2cc3ccccc3cn2)cc1. The van der Waals surface area contributed by atoms with Crippen LogP contribution in [0.1, 0.15) is 24.6 Å². The Kier molecular flexibility index (Phi) is 4.67. The minimum atomic E-state index is 0.215. The van der Waals surface area contributed by atoms with Crippen LogP contribution >= 0.6 is 0 Å². The number of ketones is 1. The number of fused-ring (bicyclic) bond motifs is 1. The van der Waals surface area contributed by atoms with Gasteiger partial charge in [-0.05, 0) is 42.5 Å². The van der Waals surface area contributed by atoms with Crippen LogP contribution in [0, 0.1) is 0 Å². The number of aryl methyl sites for hydroxylation is 1. The number of ether oxygens (including phenoxy) is 1. The highest BCUT2D eigenvalue weighted by molar-refractivity contribution is 5.81. The summed E-state index contributed by atoms with van der Waals surface area (Å²) < 4.78 is 5.79. The average Bonchev–Trinajstić information content (AvgIpc) is 2.59. The van der Waals surface area contributed by atoms with Crippen LogP contribution in [0.4, 0.5) is 0 Å². The van der Waals surface area contributed by atoms with Crippen molar-refractivity contribution in [2.75, 3.05) is 0 Å². The van der Waals surface area contributed by atoms with Gasteiger partial charge in [0.1, 0.15) is 18.1 Å². The van der Waals surface area contributed by atoms with E-state index in [1.165, 1.54) is 5.39 Å². The predicted octanol–water partition coefficient (Wildman–Crippen LogP) is 4.34. The minimum absolute atomic E-state index is 0.215. The Morgan fingerprint density at radius 1 is 1.04 bits per heavy atom. The zero-order valence-corrected chi connectivity index (χ0v) is 13.2. The standard InChI is InChI=1S/C20H19NO2/c1-15(22)6-7-16-8-10-20(11-9-16)23-14-19-12-17-4-2-3-5-18(17)13-21-19/h2-5,8-13H,6-7,14H2,1H3. The van der Waals surface area contributed by atoms with Crippen molar-refractivity contribution in [2.24, 2.45) is 0 Å². The van der Waals surface area contributed by atoms with Gasteiger partial charge in [-0.3, -0.25) is 4.98 Å². The lowest BCUT2D eigenvalue weighted by Crippen LogP contribution is -1.98. The van der Waals surface area contributed by atoms with E-state index in [2.05, 4.69) is 17.1 Å². The number of hydrogen-bond donors (Lipinski definition) is 0. The molecule has 0 radical (unpaired) electrons. The van der Waals surface area contributed by atoms with Gasteiger partial charge in [-0.25, -0.2) is 0 Å². The highest BCUT2D eigenvalue weighted by Gasteiger charge is 2.01. The molecule has 0 aliphatic heterocycles. The van der Waals surface area contributed by atoms with Gasteiger partial charge in [0.2, 0.25) is 0 Å². The molecule has 116 valence electrons. The topological polar surface area (TPSA) is 39.2 Å². The first-order valence-electron chi connectivity index (χ1n) is 7.75. The Bertz CT molecular complexity index is 809. The van der Waals surface area contributed by atoms with Gasteiger partial charge in [0.05, 0.1) is 5.69 Å². The van der Waals surface area contributed by atoms with Crippen LogP contribution < -0.4 is 4.74 Å². The molecule has 3 heteroatoms. The summed E-state index contributed by atoms with van der Waals surface area (Å²) in [5, 5.41) is 2.30. The number of benzene rings is 2. The van der Waals surface area contributed by atoms with Crippen LogP contribution in [0.25, 0.3) is 10.8 Å². The van der Waals surface area contributed by atoms with Gasteiger partial charge < -0.3 is 9.53 Å². The Morgan fingerprint density at radius 3 is 2.52 bits per heavy atom. The Labute approximate surface area is 135 Å². The number of carbonyl (C=O) groups excluding carboxylic acids is 1. The van der Waals surface area contributed by atoms with Crippen LogP contribution in [0.15, 0.2) is 60.8 Å². The zero-order chi connectivity index (χ0) is 16.1. The third-order valence-corrected chi connectivity index (χ3v) is 3.76. The maximum atomic E-state index is 11.0. The molecule has 0 atom stereocenters. The lowest BCUT2D eigenvalue weighted by Gasteiger charge is -2.07. The van der Waals surface area contributed by atoms with Crippen molar-refractivity contribution in [3.63, 3.8) is 0 Å². The first-order chi connectivity index (χ1) is 11.2. The third kappa shape index (κ3) is 4.16. The quantitative estimate of drug-likeness (QED) is 0.680. The monoisotopic (exact) mass is 305 g/mol. The van der Waals surface area contributed by atoms with Gasteiger partial charge in [0.15, 0.2) is 0 Å². The van der Waals surface area contributed by atoms with Gasteiger partial charge >= 0.3 is 0 Å². The summed E-state index contributed by atoms with van der Waals surface area (Å²) in [5.41, 5.74) is 2.06. The van der Waals surface area contributed by atoms with Crippen molar-refractivity contribution in [3.8, 4) is 5.75 Å². The molecule has 1 heterocycles. The number of pyridine rings is 1. The number of Topliss-reactive ketones (excluding diaryl/α,β-unsaturated/α-hetero) is 1. The molecule has 3 aromatic rings. The number of nitrogens with zero attached hydrogens (tertiary/aromatic N) is 1. The van der Waals surface area contributed by atoms with Crippen molar-refractivity contribution in [1.82, 2.24) is 4.98 Å². The van der Waals surface area contributed by atoms with Crippen LogP contribution in [0.5, 0.6) is 5.75 Å². The molecule has 0 amide bonds. The first kappa shape index (κ1) is 15.2. The Hall–Kier alpha value is -2.68. The summed E-state index contributed by atoms with van der Waals surface area (Å²) in [7, 11) is 0. The molecule has 0 fully saturated rings. The van der Waals surface area contributed by atoms with Crippen LogP contribution in [0.2, 0.25) is 0 Å².